The van der Waals surface area contributed by atoms with E-state index >= 15 is 0 Å². The van der Waals surface area contributed by atoms with E-state index in [4.69, 9.17) is 5.73 Å². The van der Waals surface area contributed by atoms with Crippen LogP contribution in [0.3, 0.4) is 0 Å². The molecule has 108 valence electrons. The number of rotatable bonds is 3. The van der Waals surface area contributed by atoms with Gasteiger partial charge in [0.05, 0.1) is 17.6 Å². The van der Waals surface area contributed by atoms with E-state index in [9.17, 15) is 9.18 Å². The largest absolute Gasteiger partial charge is 0.397 e. The number of hydrogen-bond acceptors (Lipinski definition) is 4. The second-order valence-electron chi connectivity index (χ2n) is 4.65. The van der Waals surface area contributed by atoms with Crippen LogP contribution in [0.15, 0.2) is 30.3 Å². The zero-order valence-electron chi connectivity index (χ0n) is 11.3. The highest BCUT2D eigenvalue weighted by Gasteiger charge is 2.18. The number of fused-ring (bicyclic) bond motifs is 1. The van der Waals surface area contributed by atoms with Crippen molar-refractivity contribution in [1.82, 2.24) is 5.32 Å². The molecular weight excluding hydrogens is 307 g/mol. The molecule has 0 bridgehead atoms. The number of benzene rings is 1. The molecule has 3 rings (SSSR count). The molecule has 0 atom stereocenters. The van der Waals surface area contributed by atoms with Gasteiger partial charge in [0.25, 0.3) is 5.91 Å². The number of nitrogens with two attached hydrogens (primary N) is 1. The predicted octanol–water partition coefficient (Wildman–Crippen LogP) is 3.92. The van der Waals surface area contributed by atoms with E-state index in [0.717, 1.165) is 4.88 Å². The number of hydrogen-bond donors (Lipinski definition) is 2. The Hall–Kier alpha value is -1.92. The molecule has 0 saturated heterocycles. The van der Waals surface area contributed by atoms with Crippen molar-refractivity contribution < 1.29 is 9.18 Å². The molecule has 3 N–H and O–H groups in total. The van der Waals surface area contributed by atoms with E-state index in [0.29, 0.717) is 21.5 Å². The number of thiophene rings is 2. The van der Waals surface area contributed by atoms with Gasteiger partial charge in [-0.25, -0.2) is 4.39 Å². The van der Waals surface area contributed by atoms with E-state index in [2.05, 4.69) is 5.32 Å². The second kappa shape index (κ2) is 5.46. The number of carbonyl (C=O) groups is 1. The predicted molar refractivity (Wildman–Crippen MR) is 86.4 cm³/mol. The Morgan fingerprint density at radius 1 is 1.29 bits per heavy atom. The standard InChI is InChI=1S/C15H13FN2OS2/c1-8-5-6-9(20-8)7-18-15(19)14-13(17)12-10(16)3-2-4-11(12)21-14/h2-6H,7,17H2,1H3,(H,18,19). The molecule has 0 spiro atoms. The molecule has 0 aliphatic rings. The monoisotopic (exact) mass is 320 g/mol. The Morgan fingerprint density at radius 3 is 2.76 bits per heavy atom. The van der Waals surface area contributed by atoms with E-state index < -0.39 is 5.82 Å². The Bertz CT molecular complexity index is 822. The molecule has 1 amide bonds. The summed E-state index contributed by atoms with van der Waals surface area (Å²) in [5, 5.41) is 3.16. The van der Waals surface area contributed by atoms with Crippen LogP contribution in [0.25, 0.3) is 10.1 Å². The minimum atomic E-state index is -0.394. The SMILES string of the molecule is Cc1ccc(CNC(=O)c2sc3cccc(F)c3c2N)s1. The lowest BCUT2D eigenvalue weighted by Crippen LogP contribution is -2.22. The van der Waals surface area contributed by atoms with Gasteiger partial charge in [0.2, 0.25) is 0 Å². The lowest BCUT2D eigenvalue weighted by molar-refractivity contribution is 0.0956. The van der Waals surface area contributed by atoms with Crippen LogP contribution in [0.1, 0.15) is 19.4 Å². The summed E-state index contributed by atoms with van der Waals surface area (Å²) < 4.78 is 14.5. The lowest BCUT2D eigenvalue weighted by Gasteiger charge is -2.02. The molecule has 0 aliphatic carbocycles. The number of nitrogens with one attached hydrogen (secondary N) is 1. The van der Waals surface area contributed by atoms with E-state index in [-0.39, 0.29) is 11.6 Å². The number of anilines is 1. The third-order valence-electron chi connectivity index (χ3n) is 3.13. The topological polar surface area (TPSA) is 55.1 Å². The molecule has 0 aliphatic heterocycles. The first-order chi connectivity index (χ1) is 10.1. The van der Waals surface area contributed by atoms with Crippen LogP contribution < -0.4 is 11.1 Å². The molecule has 2 heterocycles. The van der Waals surface area contributed by atoms with Crippen LogP contribution >= 0.6 is 22.7 Å². The molecule has 6 heteroatoms. The maximum absolute atomic E-state index is 13.8. The molecule has 0 unspecified atom stereocenters. The number of aryl methyl sites for hydroxylation is 1. The van der Waals surface area contributed by atoms with Crippen LogP contribution in [0.2, 0.25) is 0 Å². The number of halogens is 1. The Balaban J connectivity index is 1.84. The van der Waals surface area contributed by atoms with Crippen LogP contribution in [-0.4, -0.2) is 5.91 Å². The van der Waals surface area contributed by atoms with E-state index in [1.54, 1.807) is 23.5 Å². The van der Waals surface area contributed by atoms with Gasteiger partial charge in [-0.15, -0.1) is 22.7 Å². The minimum absolute atomic E-state index is 0.216. The zero-order chi connectivity index (χ0) is 15.0. The van der Waals surface area contributed by atoms with Crippen molar-refractivity contribution in [2.24, 2.45) is 0 Å². The second-order valence-corrected chi connectivity index (χ2v) is 7.08. The highest BCUT2D eigenvalue weighted by molar-refractivity contribution is 7.21. The Kier molecular flexibility index (Phi) is 3.65. The molecule has 21 heavy (non-hydrogen) atoms. The van der Waals surface area contributed by atoms with Gasteiger partial charge in [0.1, 0.15) is 10.7 Å². The molecule has 3 aromatic rings. The average molecular weight is 320 g/mol. The van der Waals surface area contributed by atoms with Gasteiger partial charge < -0.3 is 11.1 Å². The van der Waals surface area contributed by atoms with Crippen LogP contribution in [-0.2, 0) is 6.54 Å². The van der Waals surface area contributed by atoms with Gasteiger partial charge in [0.15, 0.2) is 0 Å². The molecule has 0 radical (unpaired) electrons. The van der Waals surface area contributed by atoms with E-state index in [1.165, 1.54) is 22.3 Å². The highest BCUT2D eigenvalue weighted by atomic mass is 32.1. The summed E-state index contributed by atoms with van der Waals surface area (Å²) in [6.45, 7) is 2.47. The number of carbonyl (C=O) groups excluding carboxylic acids is 1. The fourth-order valence-corrected chi connectivity index (χ4v) is 4.01. The first-order valence-corrected chi connectivity index (χ1v) is 7.99. The van der Waals surface area contributed by atoms with Gasteiger partial charge in [-0.3, -0.25) is 4.79 Å². The van der Waals surface area contributed by atoms with Crippen molar-refractivity contribution in [3.05, 3.63) is 50.8 Å². The number of amides is 1. The van der Waals surface area contributed by atoms with Crippen molar-refractivity contribution in [3.63, 3.8) is 0 Å². The quantitative estimate of drug-likeness (QED) is 0.768. The Morgan fingerprint density at radius 2 is 2.10 bits per heavy atom. The van der Waals surface area contributed by atoms with Gasteiger partial charge in [-0.1, -0.05) is 6.07 Å². The lowest BCUT2D eigenvalue weighted by atomic mass is 10.2. The molecule has 3 nitrogen and oxygen atoms in total. The summed E-state index contributed by atoms with van der Waals surface area (Å²) in [4.78, 5) is 14.9. The fraction of sp³-hybridized carbons (Fsp3) is 0.133. The zero-order valence-corrected chi connectivity index (χ0v) is 12.9. The smallest absolute Gasteiger partial charge is 0.263 e. The summed E-state index contributed by atoms with van der Waals surface area (Å²) in [7, 11) is 0. The Labute approximate surface area is 129 Å². The molecule has 1 aromatic carbocycles. The van der Waals surface area contributed by atoms with Crippen LogP contribution in [0.5, 0.6) is 0 Å². The summed E-state index contributed by atoms with van der Waals surface area (Å²) >= 11 is 2.85. The van der Waals surface area contributed by atoms with Crippen molar-refractivity contribution in [1.29, 1.82) is 0 Å². The third kappa shape index (κ3) is 2.64. The van der Waals surface area contributed by atoms with Crippen LogP contribution in [0.4, 0.5) is 10.1 Å². The van der Waals surface area contributed by atoms with Crippen LogP contribution in [0, 0.1) is 12.7 Å². The minimum Gasteiger partial charge on any atom is -0.397 e. The van der Waals surface area contributed by atoms with Gasteiger partial charge >= 0.3 is 0 Å². The highest BCUT2D eigenvalue weighted by Crippen LogP contribution is 2.35. The molecular formula is C15H13FN2OS2. The summed E-state index contributed by atoms with van der Waals surface area (Å²) in [5.41, 5.74) is 6.14. The van der Waals surface area contributed by atoms with Crippen molar-refractivity contribution in [3.8, 4) is 0 Å². The van der Waals surface area contributed by atoms with E-state index in [1.807, 2.05) is 19.1 Å². The summed E-state index contributed by atoms with van der Waals surface area (Å²) in [6.07, 6.45) is 0. The fourth-order valence-electron chi connectivity index (χ4n) is 2.13. The molecule has 2 aromatic heterocycles. The summed E-state index contributed by atoms with van der Waals surface area (Å²) in [6, 6.07) is 8.72. The maximum atomic E-state index is 13.8. The first kappa shape index (κ1) is 14.0. The average Bonchev–Trinajstić information content (AvgIpc) is 3.01. The van der Waals surface area contributed by atoms with Crippen molar-refractivity contribution in [2.75, 3.05) is 5.73 Å². The van der Waals surface area contributed by atoms with Gasteiger partial charge in [-0.05, 0) is 31.2 Å². The molecule has 0 saturated carbocycles. The first-order valence-electron chi connectivity index (χ1n) is 6.36. The number of nitrogen functional groups attached to an aromatic ring is 1. The van der Waals surface area contributed by atoms with Crippen molar-refractivity contribution >= 4 is 44.4 Å². The van der Waals surface area contributed by atoms with Crippen molar-refractivity contribution in [2.45, 2.75) is 13.5 Å². The summed E-state index contributed by atoms with van der Waals surface area (Å²) in [5.74, 6) is -0.659. The normalized spacial score (nSPS) is 11.0. The molecule has 0 fully saturated rings. The maximum Gasteiger partial charge on any atom is 0.263 e. The van der Waals surface area contributed by atoms with Gasteiger partial charge in [-0.2, -0.15) is 0 Å². The van der Waals surface area contributed by atoms with Gasteiger partial charge in [0, 0.05) is 14.5 Å². The third-order valence-corrected chi connectivity index (χ3v) is 5.30.